The van der Waals surface area contributed by atoms with E-state index in [4.69, 9.17) is 4.99 Å². The number of thiophene rings is 1. The van der Waals surface area contributed by atoms with E-state index >= 15 is 0 Å². The van der Waals surface area contributed by atoms with Crippen LogP contribution >= 0.6 is 35.3 Å². The minimum absolute atomic E-state index is 0. The predicted molar refractivity (Wildman–Crippen MR) is 136 cm³/mol. The predicted octanol–water partition coefficient (Wildman–Crippen LogP) is 2.73. The third-order valence-electron chi connectivity index (χ3n) is 5.82. The fourth-order valence-corrected chi connectivity index (χ4v) is 4.63. The first kappa shape index (κ1) is 25.6. The standard InChI is InChI=1S/C21H33N7OS.HI/c1-16-25-26-18(28(16)4)14-23-20(22-12-9-17-8-7-13-30-17)24-15-21(10-5-6-11-21)19(29)27(2)3;/h7-8,13H,5-6,9-12,14-15H2,1-4H3,(H2,22,23,24);1H. The van der Waals surface area contributed by atoms with Crippen molar-refractivity contribution >= 4 is 47.2 Å². The van der Waals surface area contributed by atoms with Crippen molar-refractivity contribution in [2.24, 2.45) is 17.5 Å². The lowest BCUT2D eigenvalue weighted by atomic mass is 9.84. The third-order valence-corrected chi connectivity index (χ3v) is 6.76. The van der Waals surface area contributed by atoms with E-state index in [1.165, 1.54) is 4.88 Å². The Morgan fingerprint density at radius 1 is 1.29 bits per heavy atom. The Morgan fingerprint density at radius 2 is 2.03 bits per heavy atom. The number of hydrogen-bond acceptors (Lipinski definition) is 5. The number of amides is 1. The summed E-state index contributed by atoms with van der Waals surface area (Å²) in [6.45, 7) is 3.72. The molecule has 1 amide bonds. The van der Waals surface area contributed by atoms with Gasteiger partial charge in [-0.05, 0) is 37.6 Å². The van der Waals surface area contributed by atoms with Crippen molar-refractivity contribution in [2.75, 3.05) is 27.2 Å². The molecule has 0 atom stereocenters. The van der Waals surface area contributed by atoms with Crippen LogP contribution in [0.25, 0.3) is 0 Å². The molecule has 0 aromatic carbocycles. The molecule has 2 aromatic rings. The topological polar surface area (TPSA) is 87.4 Å². The second-order valence-corrected chi connectivity index (χ2v) is 9.22. The van der Waals surface area contributed by atoms with Gasteiger partial charge in [0.1, 0.15) is 12.4 Å². The molecule has 0 aliphatic heterocycles. The summed E-state index contributed by atoms with van der Waals surface area (Å²) in [6, 6.07) is 4.21. The summed E-state index contributed by atoms with van der Waals surface area (Å²) in [7, 11) is 5.63. The number of carbonyl (C=O) groups excluding carboxylic acids is 1. The zero-order chi connectivity index (χ0) is 21.6. The molecule has 1 fully saturated rings. The van der Waals surface area contributed by atoms with Crippen LogP contribution in [0.3, 0.4) is 0 Å². The summed E-state index contributed by atoms with van der Waals surface area (Å²) >= 11 is 1.76. The molecular formula is C21H34IN7OS. The SMILES string of the molecule is Cc1nnc(CN=C(NCCc2cccs2)NCC2(C(=O)N(C)C)CCCC2)n1C.I. The normalized spacial score (nSPS) is 15.4. The Labute approximate surface area is 205 Å². The molecule has 0 unspecified atom stereocenters. The Balaban J connectivity index is 0.00000341. The average Bonchev–Trinajstić information content (AvgIpc) is 3.48. The van der Waals surface area contributed by atoms with Crippen LogP contribution in [0.15, 0.2) is 22.5 Å². The number of hydrogen-bond donors (Lipinski definition) is 2. The van der Waals surface area contributed by atoms with Crippen LogP contribution in [-0.2, 0) is 24.8 Å². The first-order valence-electron chi connectivity index (χ1n) is 10.5. The monoisotopic (exact) mass is 559 g/mol. The van der Waals surface area contributed by atoms with Crippen LogP contribution in [0.1, 0.15) is 42.2 Å². The molecule has 1 aliphatic rings. The largest absolute Gasteiger partial charge is 0.356 e. The van der Waals surface area contributed by atoms with E-state index in [2.05, 4.69) is 38.3 Å². The van der Waals surface area contributed by atoms with Crippen LogP contribution in [0.5, 0.6) is 0 Å². The highest BCUT2D eigenvalue weighted by Crippen LogP contribution is 2.38. The molecule has 8 nitrogen and oxygen atoms in total. The Bertz CT molecular complexity index is 857. The molecule has 1 aliphatic carbocycles. The molecule has 31 heavy (non-hydrogen) atoms. The van der Waals surface area contributed by atoms with Crippen LogP contribution in [0, 0.1) is 12.3 Å². The third kappa shape index (κ3) is 6.64. The van der Waals surface area contributed by atoms with Crippen molar-refractivity contribution < 1.29 is 4.79 Å². The van der Waals surface area contributed by atoms with Crippen LogP contribution < -0.4 is 10.6 Å². The zero-order valence-corrected chi connectivity index (χ0v) is 22.0. The van der Waals surface area contributed by atoms with Gasteiger partial charge in [-0.3, -0.25) is 4.79 Å². The molecule has 0 radical (unpaired) electrons. The maximum Gasteiger partial charge on any atom is 0.230 e. The lowest BCUT2D eigenvalue weighted by Gasteiger charge is -2.31. The second kappa shape index (κ2) is 11.8. The number of carbonyl (C=O) groups is 1. The van der Waals surface area contributed by atoms with Crippen molar-refractivity contribution in [3.8, 4) is 0 Å². The summed E-state index contributed by atoms with van der Waals surface area (Å²) in [5.41, 5.74) is -0.346. The number of aliphatic imine (C=N–C) groups is 1. The Kier molecular flexibility index (Phi) is 9.73. The number of nitrogens with one attached hydrogen (secondary N) is 2. The maximum atomic E-state index is 12.9. The van der Waals surface area contributed by atoms with Gasteiger partial charge in [0.15, 0.2) is 11.8 Å². The molecule has 2 N–H and O–H groups in total. The second-order valence-electron chi connectivity index (χ2n) is 8.18. The number of aromatic nitrogens is 3. The summed E-state index contributed by atoms with van der Waals surface area (Å²) in [5, 5.41) is 17.3. The first-order chi connectivity index (χ1) is 14.4. The highest BCUT2D eigenvalue weighted by atomic mass is 127. The van der Waals surface area contributed by atoms with Gasteiger partial charge in [0.25, 0.3) is 0 Å². The fraction of sp³-hybridized carbons (Fsp3) is 0.619. The van der Waals surface area contributed by atoms with E-state index in [-0.39, 0.29) is 35.3 Å². The summed E-state index contributed by atoms with van der Waals surface area (Å²) < 4.78 is 1.95. The molecule has 2 heterocycles. The highest BCUT2D eigenvalue weighted by molar-refractivity contribution is 14.0. The smallest absolute Gasteiger partial charge is 0.230 e. The van der Waals surface area contributed by atoms with Gasteiger partial charge in [0, 0.05) is 39.1 Å². The van der Waals surface area contributed by atoms with Crippen molar-refractivity contribution in [2.45, 2.75) is 45.6 Å². The van der Waals surface area contributed by atoms with Gasteiger partial charge in [-0.15, -0.1) is 45.5 Å². The van der Waals surface area contributed by atoms with Gasteiger partial charge in [0.05, 0.1) is 5.41 Å². The van der Waals surface area contributed by atoms with Crippen LogP contribution in [0.2, 0.25) is 0 Å². The summed E-state index contributed by atoms with van der Waals surface area (Å²) in [5.74, 6) is 2.59. The Hall–Kier alpha value is -1.69. The number of rotatable bonds is 8. The molecule has 172 valence electrons. The quantitative estimate of drug-likeness (QED) is 0.295. The lowest BCUT2D eigenvalue weighted by Crippen LogP contribution is -2.49. The van der Waals surface area contributed by atoms with Gasteiger partial charge in [-0.25, -0.2) is 4.99 Å². The van der Waals surface area contributed by atoms with Crippen molar-refractivity contribution in [1.82, 2.24) is 30.3 Å². The van der Waals surface area contributed by atoms with Crippen molar-refractivity contribution in [1.29, 1.82) is 0 Å². The number of aryl methyl sites for hydroxylation is 1. The fourth-order valence-electron chi connectivity index (χ4n) is 3.92. The van der Waals surface area contributed by atoms with Gasteiger partial charge >= 0.3 is 0 Å². The van der Waals surface area contributed by atoms with Gasteiger partial charge in [-0.1, -0.05) is 18.9 Å². The number of nitrogens with zero attached hydrogens (tertiary/aromatic N) is 5. The average molecular weight is 560 g/mol. The van der Waals surface area contributed by atoms with Crippen LogP contribution in [0.4, 0.5) is 0 Å². The molecule has 2 aromatic heterocycles. The number of halogens is 1. The summed E-state index contributed by atoms with van der Waals surface area (Å²) in [4.78, 5) is 20.7. The van der Waals surface area contributed by atoms with E-state index in [0.717, 1.165) is 50.3 Å². The van der Waals surface area contributed by atoms with Gasteiger partial charge in [-0.2, -0.15) is 0 Å². The molecule has 0 bridgehead atoms. The molecular weight excluding hydrogens is 525 g/mol. The molecule has 0 saturated heterocycles. The highest BCUT2D eigenvalue weighted by Gasteiger charge is 2.42. The van der Waals surface area contributed by atoms with Crippen LogP contribution in [-0.4, -0.2) is 58.7 Å². The lowest BCUT2D eigenvalue weighted by molar-refractivity contribution is -0.138. The minimum atomic E-state index is -0.346. The van der Waals surface area contributed by atoms with Crippen molar-refractivity contribution in [3.05, 3.63) is 34.0 Å². The van der Waals surface area contributed by atoms with Gasteiger partial charge < -0.3 is 20.1 Å². The van der Waals surface area contributed by atoms with Crippen molar-refractivity contribution in [3.63, 3.8) is 0 Å². The molecule has 10 heteroatoms. The summed E-state index contributed by atoms with van der Waals surface area (Å²) in [6.07, 6.45) is 4.96. The molecule has 3 rings (SSSR count). The zero-order valence-electron chi connectivity index (χ0n) is 18.8. The van der Waals surface area contributed by atoms with E-state index in [1.807, 2.05) is 32.6 Å². The van der Waals surface area contributed by atoms with E-state index in [1.54, 1.807) is 16.2 Å². The van der Waals surface area contributed by atoms with E-state index < -0.39 is 0 Å². The van der Waals surface area contributed by atoms with Gasteiger partial charge in [0.2, 0.25) is 5.91 Å². The number of guanidine groups is 1. The minimum Gasteiger partial charge on any atom is -0.356 e. The molecule has 0 spiro atoms. The maximum absolute atomic E-state index is 12.9. The van der Waals surface area contributed by atoms with E-state index in [9.17, 15) is 4.79 Å². The first-order valence-corrected chi connectivity index (χ1v) is 11.4. The van der Waals surface area contributed by atoms with E-state index in [0.29, 0.717) is 19.0 Å². The molecule has 1 saturated carbocycles. The Morgan fingerprint density at radius 3 is 2.61 bits per heavy atom.